The third kappa shape index (κ3) is 3.66. The predicted octanol–water partition coefficient (Wildman–Crippen LogP) is -2.45. The Bertz CT molecular complexity index is 615. The zero-order chi connectivity index (χ0) is 15.8. The number of rotatable bonds is 4. The molecule has 1 saturated heterocycles. The molecule has 6 N–H and O–H groups in total. The fraction of sp³-hybridized carbons (Fsp3) is 0.556. The number of aliphatic hydroxyl groups is 2. The Morgan fingerprint density at radius 1 is 1.43 bits per heavy atom. The number of anilines is 1. The highest BCUT2D eigenvalue weighted by Gasteiger charge is 2.44. The van der Waals surface area contributed by atoms with Crippen LogP contribution in [0, 0.1) is 0 Å². The van der Waals surface area contributed by atoms with Gasteiger partial charge < -0.3 is 30.5 Å². The van der Waals surface area contributed by atoms with Crippen molar-refractivity contribution in [3.8, 4) is 0 Å². The first-order valence-electron chi connectivity index (χ1n) is 5.75. The first kappa shape index (κ1) is 16.0. The Hall–Kier alpha value is -1.33. The van der Waals surface area contributed by atoms with Crippen LogP contribution in [-0.2, 0) is 13.8 Å². The molecule has 0 radical (unpaired) electrons. The van der Waals surface area contributed by atoms with E-state index in [0.717, 1.165) is 4.57 Å². The summed E-state index contributed by atoms with van der Waals surface area (Å²) < 4.78 is 20.9. The van der Waals surface area contributed by atoms with Crippen LogP contribution in [0.15, 0.2) is 17.1 Å². The van der Waals surface area contributed by atoms with Crippen LogP contribution >= 0.6 is 7.82 Å². The lowest BCUT2D eigenvalue weighted by Crippen LogP contribution is -2.36. The van der Waals surface area contributed by atoms with E-state index in [1.807, 2.05) is 0 Å². The van der Waals surface area contributed by atoms with Crippen LogP contribution in [0.4, 0.5) is 5.82 Å². The van der Waals surface area contributed by atoms with Gasteiger partial charge in [-0.1, -0.05) is 0 Å². The number of phosphoric ester groups is 1. The lowest BCUT2D eigenvalue weighted by molar-refractivity contribution is -0.0542. The molecule has 0 amide bonds. The molecular weight excluding hydrogens is 312 g/mol. The van der Waals surface area contributed by atoms with Crippen LogP contribution in [0.1, 0.15) is 6.23 Å². The third-order valence-corrected chi connectivity index (χ3v) is 3.36. The summed E-state index contributed by atoms with van der Waals surface area (Å²) >= 11 is 0. The average molecular weight is 326 g/mol. The zero-order valence-electron chi connectivity index (χ0n) is 10.5. The van der Waals surface area contributed by atoms with E-state index in [4.69, 9.17) is 20.3 Å². The smallest absolute Gasteiger partial charge is 0.387 e. The molecule has 118 valence electrons. The summed E-state index contributed by atoms with van der Waals surface area (Å²) in [6.45, 7) is -0.657. The van der Waals surface area contributed by atoms with Gasteiger partial charge in [0.2, 0.25) is 0 Å². The van der Waals surface area contributed by atoms with Crippen molar-refractivity contribution >= 4 is 13.6 Å². The fourth-order valence-electron chi connectivity index (χ4n) is 1.89. The van der Waals surface area contributed by atoms with Gasteiger partial charge in [0.15, 0.2) is 6.23 Å². The van der Waals surface area contributed by atoms with Gasteiger partial charge in [0.05, 0.1) is 6.61 Å². The Morgan fingerprint density at radius 2 is 2.10 bits per heavy atom. The second kappa shape index (κ2) is 5.81. The molecule has 1 aromatic rings. The summed E-state index contributed by atoms with van der Waals surface area (Å²) in [4.78, 5) is 32.3. The van der Waals surface area contributed by atoms with Gasteiger partial charge in [-0.05, 0) is 6.07 Å². The zero-order valence-corrected chi connectivity index (χ0v) is 11.4. The van der Waals surface area contributed by atoms with Crippen molar-refractivity contribution in [2.75, 3.05) is 12.3 Å². The van der Waals surface area contributed by atoms with Crippen LogP contribution < -0.4 is 11.4 Å². The molecule has 2 heterocycles. The monoisotopic (exact) mass is 326 g/mol. The van der Waals surface area contributed by atoms with Gasteiger partial charge >= 0.3 is 13.5 Å². The third-order valence-electron chi connectivity index (χ3n) is 2.87. The van der Waals surface area contributed by atoms with Crippen molar-refractivity contribution in [1.82, 2.24) is 9.55 Å². The highest BCUT2D eigenvalue weighted by Crippen LogP contribution is 2.38. The van der Waals surface area contributed by atoms with Gasteiger partial charge in [-0.3, -0.25) is 9.09 Å². The SMILES string of the molecule is N[13c]1[13cH][13cH]n([C@@H]2O[C@H](COP(=O)(O)O)[C@@H](O)[C@@H]2O)c(=O)n1. The molecule has 1 aliphatic heterocycles. The minimum atomic E-state index is -4.74. The summed E-state index contributed by atoms with van der Waals surface area (Å²) in [7, 11) is -4.74. The second-order valence-electron chi connectivity index (χ2n) is 4.37. The van der Waals surface area contributed by atoms with E-state index in [-0.39, 0.29) is 5.82 Å². The molecule has 11 nitrogen and oxygen atoms in total. The molecular formula is C9H14N3O8P. The molecule has 0 spiro atoms. The summed E-state index contributed by atoms with van der Waals surface area (Å²) in [5.41, 5.74) is 4.52. The van der Waals surface area contributed by atoms with Crippen molar-refractivity contribution < 1.29 is 33.8 Å². The number of aromatic nitrogens is 2. The number of hydrogen-bond donors (Lipinski definition) is 5. The van der Waals surface area contributed by atoms with Crippen LogP contribution in [0.3, 0.4) is 0 Å². The van der Waals surface area contributed by atoms with E-state index < -0.39 is 44.7 Å². The number of phosphoric acid groups is 1. The molecule has 1 aromatic heterocycles. The van der Waals surface area contributed by atoms with Crippen molar-refractivity contribution in [3.63, 3.8) is 0 Å². The molecule has 0 bridgehead atoms. The molecule has 4 atom stereocenters. The first-order valence-corrected chi connectivity index (χ1v) is 7.28. The van der Waals surface area contributed by atoms with E-state index >= 15 is 0 Å². The summed E-state index contributed by atoms with van der Waals surface area (Å²) in [5.74, 6) is -0.0225. The highest BCUT2D eigenvalue weighted by atomic mass is 31.2. The molecule has 1 aliphatic rings. The second-order valence-corrected chi connectivity index (χ2v) is 5.61. The number of nitrogens with two attached hydrogens (primary N) is 1. The molecule has 0 unspecified atom stereocenters. The number of aliphatic hydroxyl groups excluding tert-OH is 2. The van der Waals surface area contributed by atoms with Crippen molar-refractivity contribution in [2.45, 2.75) is 24.5 Å². The van der Waals surface area contributed by atoms with Crippen LogP contribution in [0.2, 0.25) is 0 Å². The van der Waals surface area contributed by atoms with Crippen LogP contribution in [-0.4, -0.2) is 54.5 Å². The summed E-state index contributed by atoms with van der Waals surface area (Å²) in [5, 5.41) is 19.6. The maximum absolute atomic E-state index is 11.6. The van der Waals surface area contributed by atoms with Gasteiger partial charge in [-0.15, -0.1) is 0 Å². The number of nitrogen functional groups attached to an aromatic ring is 1. The van der Waals surface area contributed by atoms with Gasteiger partial charge in [0.25, 0.3) is 0 Å². The molecule has 12 heteroatoms. The Morgan fingerprint density at radius 3 is 2.67 bits per heavy atom. The Labute approximate surface area is 117 Å². The molecule has 21 heavy (non-hydrogen) atoms. The predicted molar refractivity (Wildman–Crippen MR) is 66.8 cm³/mol. The van der Waals surface area contributed by atoms with E-state index in [2.05, 4.69) is 9.51 Å². The summed E-state index contributed by atoms with van der Waals surface area (Å²) in [6.07, 6.45) is -4.27. The number of nitrogens with zero attached hydrogens (tertiary/aromatic N) is 2. The molecule has 1 fully saturated rings. The van der Waals surface area contributed by atoms with Crippen molar-refractivity contribution in [2.24, 2.45) is 0 Å². The Balaban J connectivity index is 2.16. The van der Waals surface area contributed by atoms with E-state index in [1.54, 1.807) is 0 Å². The lowest BCUT2D eigenvalue weighted by atomic mass is 10.1. The van der Waals surface area contributed by atoms with Gasteiger partial charge in [0, 0.05) is 6.20 Å². The lowest BCUT2D eigenvalue weighted by Gasteiger charge is -2.16. The van der Waals surface area contributed by atoms with Gasteiger partial charge in [-0.2, -0.15) is 4.98 Å². The minimum absolute atomic E-state index is 0.0225. The molecule has 2 rings (SSSR count). The Kier molecular flexibility index (Phi) is 4.44. The van der Waals surface area contributed by atoms with Crippen molar-refractivity contribution in [1.29, 1.82) is 0 Å². The fourth-order valence-corrected chi connectivity index (χ4v) is 2.23. The topological polar surface area (TPSA) is 177 Å². The maximum atomic E-state index is 11.6. The highest BCUT2D eigenvalue weighted by molar-refractivity contribution is 7.46. The van der Waals surface area contributed by atoms with Gasteiger partial charge in [-0.25, -0.2) is 9.36 Å². The summed E-state index contributed by atoms with van der Waals surface area (Å²) in [6, 6.07) is 1.29. The van der Waals surface area contributed by atoms with Crippen molar-refractivity contribution in [3.05, 3.63) is 22.7 Å². The quantitative estimate of drug-likeness (QED) is 0.373. The number of hydrogen-bond acceptors (Lipinski definition) is 8. The normalized spacial score (nSPS) is 29.7. The standard InChI is InChI=1S/C9H14N3O8P/c10-5-1-2-12(9(15)11-5)8-7(14)6(13)4(20-8)3-19-21(16,17)18/h1-2,4,6-8,13-14H,3H2,(H2,10,11,15)(H2,16,17,18)/t4-,6-,7+,8-/m1/s1/i1+1,2+1,5+1. The maximum Gasteiger partial charge on any atom is 0.469 e. The average Bonchev–Trinajstić information content (AvgIpc) is 2.64. The molecule has 0 saturated carbocycles. The van der Waals surface area contributed by atoms with E-state index in [9.17, 15) is 19.6 Å². The van der Waals surface area contributed by atoms with Crippen LogP contribution in [0.5, 0.6) is 0 Å². The largest absolute Gasteiger partial charge is 0.469 e. The molecule has 0 aliphatic carbocycles. The number of ether oxygens (including phenoxy) is 1. The van der Waals surface area contributed by atoms with E-state index in [0.29, 0.717) is 0 Å². The molecule has 0 aromatic carbocycles. The minimum Gasteiger partial charge on any atom is -0.387 e. The van der Waals surface area contributed by atoms with Crippen LogP contribution in [0.25, 0.3) is 0 Å². The van der Waals surface area contributed by atoms with E-state index in [1.165, 1.54) is 12.3 Å². The first-order chi connectivity index (χ1) is 9.69. The van der Waals surface area contributed by atoms with Gasteiger partial charge in [0.1, 0.15) is 24.1 Å².